The summed E-state index contributed by atoms with van der Waals surface area (Å²) in [5.74, 6) is 0.720. The van der Waals surface area contributed by atoms with Crippen LogP contribution in [0.1, 0.15) is 11.4 Å². The number of rotatable bonds is 5. The first kappa shape index (κ1) is 14.3. The Morgan fingerprint density at radius 3 is 2.86 bits per heavy atom. The number of ether oxygens (including phenoxy) is 1. The summed E-state index contributed by atoms with van der Waals surface area (Å²) in [6.07, 6.45) is 3.75. The summed E-state index contributed by atoms with van der Waals surface area (Å²) in [6.45, 7) is 0.274. The van der Waals surface area contributed by atoms with E-state index in [9.17, 15) is 0 Å². The quantitative estimate of drug-likeness (QED) is 0.784. The van der Waals surface area contributed by atoms with Crippen LogP contribution < -0.4 is 4.74 Å². The minimum absolute atomic E-state index is 0.0713. The van der Waals surface area contributed by atoms with Crippen LogP contribution in [0.15, 0.2) is 48.8 Å². The fourth-order valence-corrected chi connectivity index (χ4v) is 2.13. The third-order valence-corrected chi connectivity index (χ3v) is 3.21. The topological polar surface area (TPSA) is 60.2 Å². The fourth-order valence-electron chi connectivity index (χ4n) is 2.13. The zero-order chi connectivity index (χ0) is 15.4. The third kappa shape index (κ3) is 3.32. The van der Waals surface area contributed by atoms with Crippen molar-refractivity contribution in [3.05, 3.63) is 66.2 Å². The molecule has 3 rings (SSSR count). The van der Waals surface area contributed by atoms with Gasteiger partial charge in [-0.05, 0) is 42.0 Å². The number of aliphatic hydroxyl groups excluding tert-OH is 1. The second-order valence-corrected chi connectivity index (χ2v) is 4.93. The van der Waals surface area contributed by atoms with Gasteiger partial charge in [0.05, 0.1) is 24.2 Å². The number of aryl methyl sites for hydroxylation is 1. The molecule has 0 fully saturated rings. The molecule has 3 aromatic rings. The largest absolute Gasteiger partial charge is 0.487 e. The first-order valence-corrected chi connectivity index (χ1v) is 6.93. The van der Waals surface area contributed by atoms with Gasteiger partial charge in [0.1, 0.15) is 12.4 Å². The van der Waals surface area contributed by atoms with E-state index in [2.05, 4.69) is 16.1 Å². The molecule has 1 radical (unpaired) electrons. The van der Waals surface area contributed by atoms with Gasteiger partial charge in [-0.2, -0.15) is 5.10 Å². The minimum Gasteiger partial charge on any atom is -0.487 e. The summed E-state index contributed by atoms with van der Waals surface area (Å²) < 4.78 is 7.52. The summed E-state index contributed by atoms with van der Waals surface area (Å²) in [5.41, 5.74) is 3.43. The summed E-state index contributed by atoms with van der Waals surface area (Å²) in [7, 11) is 1.88. The van der Waals surface area contributed by atoms with E-state index < -0.39 is 0 Å². The van der Waals surface area contributed by atoms with Crippen molar-refractivity contribution in [3.63, 3.8) is 0 Å². The van der Waals surface area contributed by atoms with Crippen molar-refractivity contribution in [3.8, 4) is 16.9 Å². The molecule has 0 unspecified atom stereocenters. The lowest BCUT2D eigenvalue weighted by Crippen LogP contribution is -2.00. The SMILES string of the molecule is Cn1cc(-c2c[c]cc(OCc3cccc(CO)n3)c2)cn1. The highest BCUT2D eigenvalue weighted by Crippen LogP contribution is 2.23. The molecule has 5 nitrogen and oxygen atoms in total. The molecule has 0 saturated carbocycles. The number of pyridine rings is 1. The van der Waals surface area contributed by atoms with Crippen molar-refractivity contribution in [2.45, 2.75) is 13.2 Å². The molecule has 0 aliphatic heterocycles. The van der Waals surface area contributed by atoms with Gasteiger partial charge >= 0.3 is 0 Å². The highest BCUT2D eigenvalue weighted by Gasteiger charge is 2.04. The van der Waals surface area contributed by atoms with Gasteiger partial charge in [-0.1, -0.05) is 6.07 Å². The van der Waals surface area contributed by atoms with Crippen LogP contribution in [0, 0.1) is 6.07 Å². The molecular weight excluding hydrogens is 278 g/mol. The summed E-state index contributed by atoms with van der Waals surface area (Å²) in [4.78, 5) is 4.29. The smallest absolute Gasteiger partial charge is 0.130 e. The van der Waals surface area contributed by atoms with Crippen LogP contribution in [0.3, 0.4) is 0 Å². The second kappa shape index (κ2) is 6.41. The molecule has 1 N–H and O–H groups in total. The number of hydrogen-bond acceptors (Lipinski definition) is 4. The Balaban J connectivity index is 1.73. The van der Waals surface area contributed by atoms with Crippen molar-refractivity contribution in [1.82, 2.24) is 14.8 Å². The molecule has 1 aromatic carbocycles. The Hall–Kier alpha value is -2.66. The normalized spacial score (nSPS) is 10.6. The highest BCUT2D eigenvalue weighted by molar-refractivity contribution is 5.63. The zero-order valence-electron chi connectivity index (χ0n) is 12.2. The van der Waals surface area contributed by atoms with Crippen molar-refractivity contribution in [1.29, 1.82) is 0 Å². The van der Waals surface area contributed by atoms with Crippen molar-refractivity contribution in [2.24, 2.45) is 7.05 Å². The average molecular weight is 294 g/mol. The molecular formula is C17H16N3O2. The Kier molecular flexibility index (Phi) is 4.16. The molecule has 5 heteroatoms. The molecule has 0 spiro atoms. The van der Waals surface area contributed by atoms with Gasteiger partial charge in [0.25, 0.3) is 0 Å². The molecule has 111 valence electrons. The molecule has 22 heavy (non-hydrogen) atoms. The van der Waals surface area contributed by atoms with Crippen molar-refractivity contribution < 1.29 is 9.84 Å². The molecule has 0 atom stereocenters. The first-order chi connectivity index (χ1) is 10.7. The van der Waals surface area contributed by atoms with E-state index in [1.165, 1.54) is 0 Å². The van der Waals surface area contributed by atoms with E-state index >= 15 is 0 Å². The molecule has 2 heterocycles. The predicted molar refractivity (Wildman–Crippen MR) is 82.0 cm³/mol. The van der Waals surface area contributed by atoms with Gasteiger partial charge in [0, 0.05) is 18.8 Å². The van der Waals surface area contributed by atoms with Crippen LogP contribution in [-0.2, 0) is 20.3 Å². The Bertz CT molecular complexity index is 768. The highest BCUT2D eigenvalue weighted by atomic mass is 16.5. The summed E-state index contributed by atoms with van der Waals surface area (Å²) in [6, 6.07) is 14.2. The number of benzene rings is 1. The van der Waals surface area contributed by atoms with E-state index in [-0.39, 0.29) is 6.61 Å². The molecule has 0 aliphatic rings. The Morgan fingerprint density at radius 2 is 2.09 bits per heavy atom. The van der Waals surface area contributed by atoms with Crippen LogP contribution >= 0.6 is 0 Å². The maximum Gasteiger partial charge on any atom is 0.130 e. The van der Waals surface area contributed by atoms with E-state index in [4.69, 9.17) is 9.84 Å². The van der Waals surface area contributed by atoms with Gasteiger partial charge in [-0.25, -0.2) is 0 Å². The second-order valence-electron chi connectivity index (χ2n) is 4.93. The Morgan fingerprint density at radius 1 is 1.23 bits per heavy atom. The monoisotopic (exact) mass is 294 g/mol. The van der Waals surface area contributed by atoms with Crippen LogP contribution in [0.4, 0.5) is 0 Å². The molecule has 0 saturated heterocycles. The fraction of sp³-hybridized carbons (Fsp3) is 0.176. The summed E-state index contributed by atoms with van der Waals surface area (Å²) >= 11 is 0. The standard InChI is InChI=1S/C17H16N3O2/c1-20-10-14(9-18-20)13-4-2-7-17(8-13)22-12-16-6-3-5-15(11-21)19-16/h3-10,21H,11-12H2,1H3. The number of aromatic nitrogens is 3. The van der Waals surface area contributed by atoms with E-state index in [0.717, 1.165) is 22.6 Å². The predicted octanol–water partition coefficient (Wildman–Crippen LogP) is 2.35. The van der Waals surface area contributed by atoms with Gasteiger partial charge in [0.15, 0.2) is 0 Å². The lowest BCUT2D eigenvalue weighted by Gasteiger charge is -2.07. The van der Waals surface area contributed by atoms with Crippen LogP contribution in [-0.4, -0.2) is 19.9 Å². The van der Waals surface area contributed by atoms with Crippen LogP contribution in [0.25, 0.3) is 11.1 Å². The van der Waals surface area contributed by atoms with E-state index in [1.807, 2.05) is 37.5 Å². The van der Waals surface area contributed by atoms with Crippen LogP contribution in [0.5, 0.6) is 5.75 Å². The first-order valence-electron chi connectivity index (χ1n) is 6.93. The molecule has 0 aliphatic carbocycles. The van der Waals surface area contributed by atoms with Gasteiger partial charge in [-0.3, -0.25) is 9.67 Å². The summed E-state index contributed by atoms with van der Waals surface area (Å²) in [5, 5.41) is 13.3. The van der Waals surface area contributed by atoms with Gasteiger partial charge < -0.3 is 9.84 Å². The maximum absolute atomic E-state index is 9.10. The van der Waals surface area contributed by atoms with Crippen molar-refractivity contribution in [2.75, 3.05) is 0 Å². The van der Waals surface area contributed by atoms with Crippen molar-refractivity contribution >= 4 is 0 Å². The maximum atomic E-state index is 9.10. The third-order valence-electron chi connectivity index (χ3n) is 3.21. The Labute approximate surface area is 128 Å². The lowest BCUT2D eigenvalue weighted by atomic mass is 10.1. The zero-order valence-corrected chi connectivity index (χ0v) is 12.2. The van der Waals surface area contributed by atoms with Gasteiger partial charge in [0.2, 0.25) is 0 Å². The molecule has 0 amide bonds. The minimum atomic E-state index is -0.0713. The number of nitrogens with zero attached hydrogens (tertiary/aromatic N) is 3. The molecule has 2 aromatic heterocycles. The van der Waals surface area contributed by atoms with Crippen LogP contribution in [0.2, 0.25) is 0 Å². The lowest BCUT2D eigenvalue weighted by molar-refractivity contribution is 0.272. The number of hydrogen-bond donors (Lipinski definition) is 1. The van der Waals surface area contributed by atoms with E-state index in [0.29, 0.717) is 12.3 Å². The van der Waals surface area contributed by atoms with Gasteiger partial charge in [-0.15, -0.1) is 0 Å². The average Bonchev–Trinajstić information content (AvgIpc) is 3.00. The number of aliphatic hydroxyl groups is 1. The molecule has 0 bridgehead atoms. The van der Waals surface area contributed by atoms with E-state index in [1.54, 1.807) is 23.0 Å².